The van der Waals surface area contributed by atoms with Gasteiger partial charge in [0.2, 0.25) is 0 Å². The molecule has 1 N–H and O–H groups in total. The average Bonchev–Trinajstić information content (AvgIpc) is 2.64. The molecule has 0 aliphatic heterocycles. The molecule has 142 valence electrons. The van der Waals surface area contributed by atoms with E-state index in [4.69, 9.17) is 16.3 Å². The van der Waals surface area contributed by atoms with Crippen LogP contribution in [0.25, 0.3) is 0 Å². The van der Waals surface area contributed by atoms with Gasteiger partial charge in [-0.1, -0.05) is 17.7 Å². The summed E-state index contributed by atoms with van der Waals surface area (Å²) in [4.78, 5) is 34.8. The van der Waals surface area contributed by atoms with Crippen molar-refractivity contribution in [3.63, 3.8) is 0 Å². The number of nitro groups is 1. The Labute approximate surface area is 165 Å². The molecule has 2 aromatic rings. The lowest BCUT2D eigenvalue weighted by Crippen LogP contribution is -2.25. The monoisotopic (exact) mass is 408 g/mol. The molecule has 0 aromatic heterocycles. The number of rotatable bonds is 7. The zero-order valence-corrected chi connectivity index (χ0v) is 16.2. The molecule has 0 radical (unpaired) electrons. The van der Waals surface area contributed by atoms with Crippen molar-refractivity contribution in [3.8, 4) is 0 Å². The summed E-state index contributed by atoms with van der Waals surface area (Å²) in [5, 5.41) is 13.2. The van der Waals surface area contributed by atoms with E-state index >= 15 is 0 Å². The van der Waals surface area contributed by atoms with Gasteiger partial charge in [-0.2, -0.15) is 0 Å². The first-order valence-corrected chi connectivity index (χ1v) is 9.16. The van der Waals surface area contributed by atoms with E-state index in [9.17, 15) is 19.7 Å². The Morgan fingerprint density at radius 1 is 1.26 bits per heavy atom. The minimum atomic E-state index is -0.577. The third kappa shape index (κ3) is 5.97. The van der Waals surface area contributed by atoms with E-state index in [1.165, 1.54) is 23.9 Å². The molecular formula is C18H17ClN2O5S. The van der Waals surface area contributed by atoms with Crippen LogP contribution in [-0.4, -0.2) is 28.7 Å². The molecule has 2 rings (SSSR count). The Morgan fingerprint density at radius 3 is 2.56 bits per heavy atom. The van der Waals surface area contributed by atoms with Gasteiger partial charge in [0.1, 0.15) is 5.25 Å². The number of carbonyl (C=O) groups excluding carboxylic acids is 2. The number of carbonyl (C=O) groups is 2. The Hall–Kier alpha value is -2.58. The van der Waals surface area contributed by atoms with Crippen LogP contribution in [0.1, 0.15) is 12.5 Å². The van der Waals surface area contributed by atoms with Gasteiger partial charge in [-0.3, -0.25) is 19.7 Å². The fourth-order valence-electron chi connectivity index (χ4n) is 2.08. The first-order valence-electron chi connectivity index (χ1n) is 7.90. The van der Waals surface area contributed by atoms with Crippen LogP contribution in [-0.2, 0) is 14.3 Å². The summed E-state index contributed by atoms with van der Waals surface area (Å²) < 4.78 is 5.03. The smallest absolute Gasteiger partial charge is 0.319 e. The number of nitrogens with zero attached hydrogens (tertiary/aromatic N) is 1. The number of non-ortho nitro benzene ring substituents is 1. The molecule has 0 saturated heterocycles. The van der Waals surface area contributed by atoms with Crippen molar-refractivity contribution >= 4 is 46.6 Å². The topological polar surface area (TPSA) is 98.5 Å². The number of anilines is 1. The van der Waals surface area contributed by atoms with Crippen LogP contribution in [0, 0.1) is 17.0 Å². The summed E-state index contributed by atoms with van der Waals surface area (Å²) >= 11 is 7.18. The van der Waals surface area contributed by atoms with Crippen LogP contribution in [0.4, 0.5) is 11.4 Å². The number of esters is 1. The van der Waals surface area contributed by atoms with E-state index < -0.39 is 28.7 Å². The quantitative estimate of drug-likeness (QED) is 0.319. The lowest BCUT2D eigenvalue weighted by Gasteiger charge is -2.12. The van der Waals surface area contributed by atoms with Crippen molar-refractivity contribution < 1.29 is 19.2 Å². The molecular weight excluding hydrogens is 392 g/mol. The van der Waals surface area contributed by atoms with Gasteiger partial charge in [0.25, 0.3) is 11.6 Å². The minimum Gasteiger partial charge on any atom is -0.455 e. The number of benzene rings is 2. The molecule has 27 heavy (non-hydrogen) atoms. The number of nitrogens with one attached hydrogen (secondary N) is 1. The summed E-state index contributed by atoms with van der Waals surface area (Å²) in [6, 6.07) is 11.0. The van der Waals surface area contributed by atoms with Crippen molar-refractivity contribution in [1.82, 2.24) is 0 Å². The molecule has 0 bridgehead atoms. The maximum Gasteiger partial charge on any atom is 0.319 e. The lowest BCUT2D eigenvalue weighted by atomic mass is 10.2. The van der Waals surface area contributed by atoms with Gasteiger partial charge in [-0.05, 0) is 43.7 Å². The zero-order valence-electron chi connectivity index (χ0n) is 14.6. The predicted octanol–water partition coefficient (Wildman–Crippen LogP) is 4.22. The highest BCUT2D eigenvalue weighted by atomic mass is 35.5. The van der Waals surface area contributed by atoms with Gasteiger partial charge in [0.15, 0.2) is 6.61 Å². The molecule has 9 heteroatoms. The molecule has 0 saturated carbocycles. The van der Waals surface area contributed by atoms with E-state index in [1.807, 2.05) is 0 Å². The Bertz CT molecular complexity index is 857. The summed E-state index contributed by atoms with van der Waals surface area (Å²) in [5.74, 6) is -1.03. The average molecular weight is 409 g/mol. The zero-order chi connectivity index (χ0) is 20.0. The standard InChI is InChI=1S/C18H17ClN2O5S/c1-11-15(19)4-3-5-16(11)20-17(22)10-26-18(23)12(2)27-14-8-6-13(7-9-14)21(24)25/h3-9,12H,10H2,1-2H3,(H,20,22)/t12-/m1/s1. The fraction of sp³-hybridized carbons (Fsp3) is 0.222. The summed E-state index contributed by atoms with van der Waals surface area (Å²) in [6.07, 6.45) is 0. The second-order valence-corrected chi connectivity index (χ2v) is 7.40. The molecule has 0 fully saturated rings. The molecule has 0 aliphatic carbocycles. The maximum absolute atomic E-state index is 12.0. The molecule has 1 atom stereocenters. The molecule has 0 unspecified atom stereocenters. The second kappa shape index (κ2) is 9.38. The van der Waals surface area contributed by atoms with Gasteiger partial charge >= 0.3 is 5.97 Å². The number of amides is 1. The van der Waals surface area contributed by atoms with Crippen LogP contribution in [0.2, 0.25) is 5.02 Å². The molecule has 2 aromatic carbocycles. The van der Waals surface area contributed by atoms with Crippen molar-refractivity contribution in [1.29, 1.82) is 0 Å². The van der Waals surface area contributed by atoms with Crippen molar-refractivity contribution in [2.45, 2.75) is 24.0 Å². The van der Waals surface area contributed by atoms with Gasteiger partial charge < -0.3 is 10.1 Å². The van der Waals surface area contributed by atoms with E-state index in [2.05, 4.69) is 5.32 Å². The highest BCUT2D eigenvalue weighted by Gasteiger charge is 2.18. The molecule has 0 heterocycles. The number of thioether (sulfide) groups is 1. The van der Waals surface area contributed by atoms with Crippen LogP contribution >= 0.6 is 23.4 Å². The molecule has 0 spiro atoms. The third-order valence-corrected chi connectivity index (χ3v) is 5.08. The van der Waals surface area contributed by atoms with E-state index in [0.717, 1.165) is 5.56 Å². The predicted molar refractivity (Wildman–Crippen MR) is 104 cm³/mol. The normalized spacial score (nSPS) is 11.5. The second-order valence-electron chi connectivity index (χ2n) is 5.58. The van der Waals surface area contributed by atoms with E-state index in [-0.39, 0.29) is 5.69 Å². The first-order chi connectivity index (χ1) is 12.8. The Balaban J connectivity index is 1.84. The van der Waals surface area contributed by atoms with E-state index in [1.54, 1.807) is 44.2 Å². The van der Waals surface area contributed by atoms with Crippen LogP contribution in [0.3, 0.4) is 0 Å². The number of halogens is 1. The molecule has 1 amide bonds. The Morgan fingerprint density at radius 2 is 1.93 bits per heavy atom. The van der Waals surface area contributed by atoms with Gasteiger partial charge in [-0.25, -0.2) is 0 Å². The molecule has 7 nitrogen and oxygen atoms in total. The van der Waals surface area contributed by atoms with Crippen molar-refractivity contribution in [3.05, 3.63) is 63.2 Å². The minimum absolute atomic E-state index is 0.0254. The summed E-state index contributed by atoms with van der Waals surface area (Å²) in [5.41, 5.74) is 1.25. The SMILES string of the molecule is Cc1c(Cl)cccc1NC(=O)COC(=O)[C@@H](C)Sc1ccc([N+](=O)[O-])cc1. The third-order valence-electron chi connectivity index (χ3n) is 3.58. The fourth-order valence-corrected chi connectivity index (χ4v) is 3.12. The number of ether oxygens (including phenoxy) is 1. The van der Waals surface area contributed by atoms with Crippen LogP contribution in [0.15, 0.2) is 47.4 Å². The van der Waals surface area contributed by atoms with E-state index in [0.29, 0.717) is 15.6 Å². The highest BCUT2D eigenvalue weighted by Crippen LogP contribution is 2.26. The van der Waals surface area contributed by atoms with Gasteiger partial charge in [0, 0.05) is 27.7 Å². The number of hydrogen-bond acceptors (Lipinski definition) is 6. The molecule has 0 aliphatic rings. The summed E-state index contributed by atoms with van der Waals surface area (Å²) in [7, 11) is 0. The Kier molecular flexibility index (Phi) is 7.20. The van der Waals surface area contributed by atoms with Gasteiger partial charge in [0.05, 0.1) is 4.92 Å². The van der Waals surface area contributed by atoms with Crippen molar-refractivity contribution in [2.75, 3.05) is 11.9 Å². The van der Waals surface area contributed by atoms with Crippen LogP contribution < -0.4 is 5.32 Å². The highest BCUT2D eigenvalue weighted by molar-refractivity contribution is 8.00. The number of hydrogen-bond donors (Lipinski definition) is 1. The van der Waals surface area contributed by atoms with Crippen LogP contribution in [0.5, 0.6) is 0 Å². The largest absolute Gasteiger partial charge is 0.455 e. The maximum atomic E-state index is 12.0. The van der Waals surface area contributed by atoms with Gasteiger partial charge in [-0.15, -0.1) is 11.8 Å². The van der Waals surface area contributed by atoms with Crippen molar-refractivity contribution in [2.24, 2.45) is 0 Å². The lowest BCUT2D eigenvalue weighted by molar-refractivity contribution is -0.384. The summed E-state index contributed by atoms with van der Waals surface area (Å²) in [6.45, 7) is 2.98. The first kappa shape index (κ1) is 20.7. The number of nitro benzene ring substituents is 1.